The number of benzene rings is 1. The zero-order chi connectivity index (χ0) is 17.4. The Hall–Kier alpha value is -2.64. The fourth-order valence-electron chi connectivity index (χ4n) is 2.57. The lowest BCUT2D eigenvalue weighted by Crippen LogP contribution is -2.56. The summed E-state index contributed by atoms with van der Waals surface area (Å²) in [7, 11) is 0. The molecule has 2 rings (SSSR count). The number of amides is 1. The van der Waals surface area contributed by atoms with Crippen LogP contribution in [0.2, 0.25) is 0 Å². The van der Waals surface area contributed by atoms with Crippen molar-refractivity contribution in [2.45, 2.75) is 44.8 Å². The summed E-state index contributed by atoms with van der Waals surface area (Å²) >= 11 is 0. The summed E-state index contributed by atoms with van der Waals surface area (Å²) in [6, 6.07) is 4.19. The maximum absolute atomic E-state index is 11.9. The second-order valence-corrected chi connectivity index (χ2v) is 6.58. The van der Waals surface area contributed by atoms with Crippen molar-refractivity contribution in [3.63, 3.8) is 0 Å². The highest BCUT2D eigenvalue weighted by Gasteiger charge is 2.46. The Morgan fingerprint density at radius 2 is 1.91 bits per heavy atom. The molecule has 0 spiro atoms. The molecule has 8 heteroatoms. The highest BCUT2D eigenvalue weighted by Crippen LogP contribution is 2.33. The van der Waals surface area contributed by atoms with Crippen LogP contribution >= 0.6 is 0 Å². The smallest absolute Gasteiger partial charge is 0.408 e. The Morgan fingerprint density at radius 1 is 1.30 bits per heavy atom. The molecule has 0 fully saturated rings. The van der Waals surface area contributed by atoms with E-state index < -0.39 is 28.1 Å². The van der Waals surface area contributed by atoms with Crippen molar-refractivity contribution in [3.05, 3.63) is 39.4 Å². The van der Waals surface area contributed by atoms with Gasteiger partial charge in [-0.1, -0.05) is 6.07 Å². The number of hydrogen-bond donors (Lipinski definition) is 2. The van der Waals surface area contributed by atoms with Gasteiger partial charge in [0.15, 0.2) is 0 Å². The van der Waals surface area contributed by atoms with Gasteiger partial charge < -0.3 is 15.2 Å². The molecule has 0 saturated heterocycles. The number of nitrogens with one attached hydrogen (secondary N) is 1. The number of carbonyl (C=O) groups excluding carboxylic acids is 1. The third kappa shape index (κ3) is 3.58. The predicted molar refractivity (Wildman–Crippen MR) is 80.2 cm³/mol. The molecule has 8 nitrogen and oxygen atoms in total. The van der Waals surface area contributed by atoms with E-state index in [9.17, 15) is 24.8 Å². The molecule has 0 radical (unpaired) electrons. The Bertz CT molecular complexity index is 679. The van der Waals surface area contributed by atoms with Crippen molar-refractivity contribution in [1.82, 2.24) is 5.32 Å². The molecule has 1 atom stereocenters. The minimum absolute atomic E-state index is 0.0292. The molecule has 1 aliphatic carbocycles. The van der Waals surface area contributed by atoms with E-state index in [0.29, 0.717) is 11.1 Å². The molecule has 0 aromatic heterocycles. The highest BCUT2D eigenvalue weighted by molar-refractivity contribution is 5.86. The van der Waals surface area contributed by atoms with Gasteiger partial charge in [-0.3, -0.25) is 10.1 Å². The fraction of sp³-hybridized carbons (Fsp3) is 0.467. The summed E-state index contributed by atoms with van der Waals surface area (Å²) in [4.78, 5) is 33.9. The van der Waals surface area contributed by atoms with Gasteiger partial charge in [0.05, 0.1) is 4.92 Å². The van der Waals surface area contributed by atoms with Crippen LogP contribution in [0.25, 0.3) is 0 Å². The van der Waals surface area contributed by atoms with Gasteiger partial charge in [0.1, 0.15) is 11.1 Å². The van der Waals surface area contributed by atoms with Crippen molar-refractivity contribution in [2.75, 3.05) is 0 Å². The first-order valence-corrected chi connectivity index (χ1v) is 7.03. The molecule has 23 heavy (non-hydrogen) atoms. The second-order valence-electron chi connectivity index (χ2n) is 6.58. The normalized spacial score (nSPS) is 19.8. The quantitative estimate of drug-likeness (QED) is 0.649. The highest BCUT2D eigenvalue weighted by atomic mass is 16.6. The van der Waals surface area contributed by atoms with E-state index in [1.54, 1.807) is 20.8 Å². The van der Waals surface area contributed by atoms with Gasteiger partial charge >= 0.3 is 12.1 Å². The second kappa shape index (κ2) is 5.53. The zero-order valence-corrected chi connectivity index (χ0v) is 13.1. The number of nitro groups is 1. The molecule has 1 aromatic carbocycles. The van der Waals surface area contributed by atoms with E-state index in [4.69, 9.17) is 4.74 Å². The third-order valence-corrected chi connectivity index (χ3v) is 3.53. The van der Waals surface area contributed by atoms with E-state index in [1.165, 1.54) is 18.2 Å². The van der Waals surface area contributed by atoms with E-state index in [0.717, 1.165) is 0 Å². The minimum Gasteiger partial charge on any atom is -0.479 e. The summed E-state index contributed by atoms with van der Waals surface area (Å²) < 4.78 is 5.11. The van der Waals surface area contributed by atoms with Gasteiger partial charge in [0.25, 0.3) is 5.69 Å². The number of carbonyl (C=O) groups is 2. The van der Waals surface area contributed by atoms with Crippen molar-refractivity contribution in [2.24, 2.45) is 0 Å². The maximum atomic E-state index is 11.9. The van der Waals surface area contributed by atoms with E-state index >= 15 is 0 Å². The van der Waals surface area contributed by atoms with Gasteiger partial charge in [-0.05, 0) is 31.9 Å². The first kappa shape index (κ1) is 16.7. The van der Waals surface area contributed by atoms with Crippen LogP contribution in [0.4, 0.5) is 10.5 Å². The molecule has 1 amide bonds. The van der Waals surface area contributed by atoms with Gasteiger partial charge in [-0.25, -0.2) is 9.59 Å². The molecule has 0 aliphatic heterocycles. The minimum atomic E-state index is -1.56. The number of hydrogen-bond acceptors (Lipinski definition) is 5. The maximum Gasteiger partial charge on any atom is 0.408 e. The van der Waals surface area contributed by atoms with Gasteiger partial charge in [0.2, 0.25) is 0 Å². The first-order chi connectivity index (χ1) is 10.5. The van der Waals surface area contributed by atoms with Gasteiger partial charge in [-0.2, -0.15) is 0 Å². The average molecular weight is 322 g/mol. The summed E-state index contributed by atoms with van der Waals surface area (Å²) in [6.07, 6.45) is -0.810. The number of carboxylic acids is 1. The molecule has 1 aromatic rings. The predicted octanol–water partition coefficient (Wildman–Crippen LogP) is 2.04. The monoisotopic (exact) mass is 322 g/mol. The number of nitrogens with zero attached hydrogens (tertiary/aromatic N) is 1. The Kier molecular flexibility index (Phi) is 4.02. The van der Waals surface area contributed by atoms with Gasteiger partial charge in [-0.15, -0.1) is 0 Å². The molecule has 0 bridgehead atoms. The Morgan fingerprint density at radius 3 is 2.43 bits per heavy atom. The topological polar surface area (TPSA) is 119 Å². The average Bonchev–Trinajstić information content (AvgIpc) is 2.74. The van der Waals surface area contributed by atoms with Crippen LogP contribution in [0.15, 0.2) is 18.2 Å². The van der Waals surface area contributed by atoms with E-state index in [1.807, 2.05) is 0 Å². The van der Waals surface area contributed by atoms with Crippen molar-refractivity contribution >= 4 is 17.7 Å². The number of nitro benzene ring substituents is 1. The molecule has 1 aliphatic rings. The molecule has 0 heterocycles. The van der Waals surface area contributed by atoms with Crippen LogP contribution in [0.3, 0.4) is 0 Å². The van der Waals surface area contributed by atoms with Crippen LogP contribution in [-0.2, 0) is 22.4 Å². The molecule has 1 unspecified atom stereocenters. The van der Waals surface area contributed by atoms with Crippen LogP contribution in [0, 0.1) is 10.1 Å². The van der Waals surface area contributed by atoms with Crippen molar-refractivity contribution < 1.29 is 24.4 Å². The van der Waals surface area contributed by atoms with Crippen molar-refractivity contribution in [1.29, 1.82) is 0 Å². The van der Waals surface area contributed by atoms with Crippen LogP contribution in [0.5, 0.6) is 0 Å². The number of alkyl carbamates (subject to hydrolysis) is 1. The van der Waals surface area contributed by atoms with E-state index in [2.05, 4.69) is 5.32 Å². The largest absolute Gasteiger partial charge is 0.479 e. The first-order valence-electron chi connectivity index (χ1n) is 7.03. The summed E-state index contributed by atoms with van der Waals surface area (Å²) in [5, 5.41) is 22.8. The number of aliphatic carboxylic acids is 1. The molecule has 124 valence electrons. The Balaban J connectivity index is 2.26. The summed E-state index contributed by atoms with van der Waals surface area (Å²) in [6.45, 7) is 5.02. The summed E-state index contributed by atoms with van der Waals surface area (Å²) in [5.74, 6) is -1.21. The lowest BCUT2D eigenvalue weighted by molar-refractivity contribution is -0.384. The van der Waals surface area contributed by atoms with Gasteiger partial charge in [0, 0.05) is 25.0 Å². The number of fused-ring (bicyclic) bond motifs is 1. The van der Waals surface area contributed by atoms with Crippen LogP contribution in [0.1, 0.15) is 31.9 Å². The van der Waals surface area contributed by atoms with Crippen LogP contribution in [-0.4, -0.2) is 33.2 Å². The molecule has 2 N–H and O–H groups in total. The molecular formula is C15H18N2O6. The number of rotatable bonds is 3. The lowest BCUT2D eigenvalue weighted by Gasteiger charge is -2.28. The Labute approximate surface area is 132 Å². The van der Waals surface area contributed by atoms with Crippen molar-refractivity contribution in [3.8, 4) is 0 Å². The number of carboxylic acid groups (broad SMARTS) is 1. The van der Waals surface area contributed by atoms with E-state index in [-0.39, 0.29) is 18.5 Å². The summed E-state index contributed by atoms with van der Waals surface area (Å²) in [5.41, 5.74) is -1.22. The zero-order valence-electron chi connectivity index (χ0n) is 13.1. The number of ether oxygens (including phenoxy) is 1. The molecule has 0 saturated carbocycles. The SMILES string of the molecule is CC(C)(C)OC(=O)NC1(C(=O)O)Cc2ccc([N+](=O)[O-])cc2C1. The van der Waals surface area contributed by atoms with Crippen LogP contribution < -0.4 is 5.32 Å². The molecular weight excluding hydrogens is 304 g/mol. The fourth-order valence-corrected chi connectivity index (χ4v) is 2.57. The number of non-ortho nitro benzene ring substituents is 1. The lowest BCUT2D eigenvalue weighted by atomic mass is 9.96. The third-order valence-electron chi connectivity index (χ3n) is 3.53. The standard InChI is InChI=1S/C15H18N2O6/c1-14(2,3)23-13(20)16-15(12(18)19)7-9-4-5-11(17(21)22)6-10(9)8-15/h4-6H,7-8H2,1-3H3,(H,16,20)(H,18,19).